The highest BCUT2D eigenvalue weighted by Crippen LogP contribution is 2.38. The van der Waals surface area contributed by atoms with Gasteiger partial charge in [-0.3, -0.25) is 4.79 Å². The molecule has 1 atom stereocenters. The van der Waals surface area contributed by atoms with Crippen LogP contribution in [0.1, 0.15) is 44.2 Å². The maximum Gasteiger partial charge on any atom is 0.235 e. The van der Waals surface area contributed by atoms with E-state index in [4.69, 9.17) is 0 Å². The Bertz CT molecular complexity index is 665. The third-order valence-corrected chi connectivity index (χ3v) is 5.66. The maximum atomic E-state index is 13.7. The number of benzene rings is 2. The Morgan fingerprint density at radius 2 is 1.44 bits per heavy atom. The summed E-state index contributed by atoms with van der Waals surface area (Å²) < 4.78 is 0.809. The van der Waals surface area contributed by atoms with Gasteiger partial charge in [-0.25, -0.2) is 0 Å². The van der Waals surface area contributed by atoms with Gasteiger partial charge in [-0.2, -0.15) is 0 Å². The zero-order valence-corrected chi connectivity index (χ0v) is 17.5. The van der Waals surface area contributed by atoms with E-state index in [-0.39, 0.29) is 5.91 Å². The molecular weight excluding hydrogens is 332 g/mol. The second-order valence-corrected chi connectivity index (χ2v) is 8.42. The third kappa shape index (κ3) is 4.98. The molecule has 1 N–H and O–H groups in total. The van der Waals surface area contributed by atoms with Gasteiger partial charge in [0.1, 0.15) is 5.41 Å². The first kappa shape index (κ1) is 21.2. The van der Waals surface area contributed by atoms with Crippen LogP contribution in [-0.4, -0.2) is 44.1 Å². The van der Waals surface area contributed by atoms with Gasteiger partial charge < -0.3 is 9.80 Å². The van der Waals surface area contributed by atoms with E-state index >= 15 is 0 Å². The highest BCUT2D eigenvalue weighted by atomic mass is 16.2. The van der Waals surface area contributed by atoms with E-state index in [1.165, 1.54) is 0 Å². The van der Waals surface area contributed by atoms with E-state index in [1.807, 2.05) is 36.4 Å². The van der Waals surface area contributed by atoms with Gasteiger partial charge in [-0.1, -0.05) is 74.0 Å². The predicted octanol–water partition coefficient (Wildman–Crippen LogP) is 4.37. The zero-order valence-electron chi connectivity index (χ0n) is 17.5. The minimum atomic E-state index is -0.693. The molecule has 27 heavy (non-hydrogen) atoms. The second-order valence-electron chi connectivity index (χ2n) is 8.42. The fourth-order valence-corrected chi connectivity index (χ4v) is 3.45. The molecule has 0 aliphatic carbocycles. The Kier molecular flexibility index (Phi) is 7.20. The number of nitrogens with one attached hydrogen (secondary N) is 1. The van der Waals surface area contributed by atoms with Crippen molar-refractivity contribution in [2.75, 3.05) is 27.7 Å². The van der Waals surface area contributed by atoms with E-state index in [0.29, 0.717) is 6.04 Å². The first-order valence-electron chi connectivity index (χ1n) is 10.0. The summed E-state index contributed by atoms with van der Waals surface area (Å²) in [4.78, 5) is 13.7. The number of hydrogen-bond donors (Lipinski definition) is 1. The quantitative estimate of drug-likeness (QED) is 0.517. The standard InChI is InChI=1S/C24H34N2O/c1-6-7-18-25-23(27)24(19-20(2)26(3,4)5,21-14-10-8-11-15-21)22-16-12-9-13-17-22/h8-17,20H,6-7,18-19H2,1-5H3/p+1. The zero-order chi connectivity index (χ0) is 19.9. The van der Waals surface area contributed by atoms with E-state index in [0.717, 1.165) is 41.4 Å². The van der Waals surface area contributed by atoms with Crippen LogP contribution in [0.3, 0.4) is 0 Å². The number of hydrogen-bond acceptors (Lipinski definition) is 1. The molecule has 0 heterocycles. The monoisotopic (exact) mass is 367 g/mol. The summed E-state index contributed by atoms with van der Waals surface area (Å²) in [7, 11) is 6.58. The molecule has 3 heteroatoms. The number of rotatable bonds is 9. The molecule has 2 rings (SSSR count). The normalized spacial score (nSPS) is 13.2. The molecule has 0 radical (unpaired) electrons. The molecule has 146 valence electrons. The van der Waals surface area contributed by atoms with E-state index in [1.54, 1.807) is 0 Å². The van der Waals surface area contributed by atoms with Crippen molar-refractivity contribution in [2.24, 2.45) is 0 Å². The SMILES string of the molecule is CCCCNC(=O)C(CC(C)[N+](C)(C)C)(c1ccccc1)c1ccccc1. The van der Waals surface area contributed by atoms with Crippen LogP contribution in [-0.2, 0) is 10.2 Å². The average Bonchev–Trinajstić information content (AvgIpc) is 2.66. The lowest BCUT2D eigenvalue weighted by atomic mass is 9.69. The molecule has 0 aliphatic heterocycles. The summed E-state index contributed by atoms with van der Waals surface area (Å²) in [5.74, 6) is 0.105. The Morgan fingerprint density at radius 3 is 1.85 bits per heavy atom. The van der Waals surface area contributed by atoms with E-state index < -0.39 is 5.41 Å². The predicted molar refractivity (Wildman–Crippen MR) is 114 cm³/mol. The molecule has 1 unspecified atom stereocenters. The minimum Gasteiger partial charge on any atom is -0.355 e. The Hall–Kier alpha value is -2.13. The van der Waals surface area contributed by atoms with Crippen molar-refractivity contribution in [3.63, 3.8) is 0 Å². The van der Waals surface area contributed by atoms with Crippen LogP contribution in [0.5, 0.6) is 0 Å². The van der Waals surface area contributed by atoms with Crippen molar-refractivity contribution < 1.29 is 9.28 Å². The number of unbranched alkanes of at least 4 members (excludes halogenated alkanes) is 1. The lowest BCUT2D eigenvalue weighted by Crippen LogP contribution is -2.52. The smallest absolute Gasteiger partial charge is 0.235 e. The fraction of sp³-hybridized carbons (Fsp3) is 0.458. The molecular formula is C24H35N2O+. The highest BCUT2D eigenvalue weighted by Gasteiger charge is 2.45. The van der Waals surface area contributed by atoms with E-state index in [2.05, 4.69) is 64.6 Å². The van der Waals surface area contributed by atoms with Crippen LogP contribution in [0.4, 0.5) is 0 Å². The molecule has 0 saturated heterocycles. The van der Waals surface area contributed by atoms with Gasteiger partial charge in [0.05, 0.1) is 27.2 Å². The molecule has 2 aromatic rings. The van der Waals surface area contributed by atoms with Crippen molar-refractivity contribution in [2.45, 2.75) is 44.6 Å². The van der Waals surface area contributed by atoms with E-state index in [9.17, 15) is 4.79 Å². The van der Waals surface area contributed by atoms with Gasteiger partial charge >= 0.3 is 0 Å². The number of amides is 1. The van der Waals surface area contributed by atoms with Crippen LogP contribution < -0.4 is 5.32 Å². The molecule has 0 aromatic heterocycles. The van der Waals surface area contributed by atoms with Crippen LogP contribution in [0.2, 0.25) is 0 Å². The van der Waals surface area contributed by atoms with Crippen molar-refractivity contribution in [3.8, 4) is 0 Å². The van der Waals surface area contributed by atoms with Gasteiger partial charge in [0.2, 0.25) is 5.91 Å². The first-order chi connectivity index (χ1) is 12.8. The van der Waals surface area contributed by atoms with Gasteiger partial charge in [0, 0.05) is 13.0 Å². The number of carbonyl (C=O) groups excluding carboxylic acids is 1. The van der Waals surface area contributed by atoms with Crippen molar-refractivity contribution in [1.29, 1.82) is 0 Å². The topological polar surface area (TPSA) is 29.1 Å². The average molecular weight is 368 g/mol. The van der Waals surface area contributed by atoms with Crippen LogP contribution in [0.15, 0.2) is 60.7 Å². The summed E-state index contributed by atoms with van der Waals surface area (Å²) in [6.45, 7) is 5.10. The summed E-state index contributed by atoms with van der Waals surface area (Å²) in [5, 5.41) is 3.23. The highest BCUT2D eigenvalue weighted by molar-refractivity contribution is 5.92. The molecule has 0 spiro atoms. The van der Waals surface area contributed by atoms with Crippen molar-refractivity contribution >= 4 is 5.91 Å². The minimum absolute atomic E-state index is 0.105. The third-order valence-electron chi connectivity index (χ3n) is 5.66. The molecule has 0 fully saturated rings. The number of carbonyl (C=O) groups is 1. The molecule has 1 amide bonds. The molecule has 2 aromatic carbocycles. The van der Waals surface area contributed by atoms with Gasteiger partial charge in [-0.15, -0.1) is 0 Å². The van der Waals surface area contributed by atoms with Gasteiger partial charge in [0.25, 0.3) is 0 Å². The molecule has 0 saturated carbocycles. The maximum absolute atomic E-state index is 13.7. The molecule has 0 bridgehead atoms. The first-order valence-corrected chi connectivity index (χ1v) is 10.0. The Labute approximate surface area is 165 Å². The van der Waals surface area contributed by atoms with Gasteiger partial charge in [-0.05, 0) is 24.5 Å². The number of nitrogens with zero attached hydrogens (tertiary/aromatic N) is 1. The Morgan fingerprint density at radius 1 is 0.963 bits per heavy atom. The van der Waals surface area contributed by atoms with Crippen LogP contribution in [0.25, 0.3) is 0 Å². The fourth-order valence-electron chi connectivity index (χ4n) is 3.45. The molecule has 0 aliphatic rings. The lowest BCUT2D eigenvalue weighted by molar-refractivity contribution is -0.894. The van der Waals surface area contributed by atoms with Gasteiger partial charge in [0.15, 0.2) is 0 Å². The number of quaternary nitrogens is 1. The van der Waals surface area contributed by atoms with Crippen molar-refractivity contribution in [1.82, 2.24) is 5.32 Å². The van der Waals surface area contributed by atoms with Crippen LogP contribution >= 0.6 is 0 Å². The largest absolute Gasteiger partial charge is 0.355 e. The summed E-state index contributed by atoms with van der Waals surface area (Å²) in [6, 6.07) is 20.8. The molecule has 3 nitrogen and oxygen atoms in total. The summed E-state index contributed by atoms with van der Waals surface area (Å²) in [6.07, 6.45) is 2.82. The van der Waals surface area contributed by atoms with Crippen LogP contribution in [0, 0.1) is 0 Å². The Balaban J connectivity index is 2.60. The van der Waals surface area contributed by atoms with Crippen molar-refractivity contribution in [3.05, 3.63) is 71.8 Å². The summed E-state index contributed by atoms with van der Waals surface area (Å²) in [5.41, 5.74) is 1.43. The summed E-state index contributed by atoms with van der Waals surface area (Å²) >= 11 is 0. The lowest BCUT2D eigenvalue weighted by Gasteiger charge is -2.40. The second kappa shape index (κ2) is 9.18.